The van der Waals surface area contributed by atoms with E-state index in [1.54, 1.807) is 4.31 Å². The molecule has 0 saturated carbocycles. The van der Waals surface area contributed by atoms with Gasteiger partial charge >= 0.3 is 6.03 Å². The van der Waals surface area contributed by atoms with E-state index in [0.29, 0.717) is 32.0 Å². The normalized spacial score (nSPS) is 22.3. The molecule has 2 aromatic rings. The maximum Gasteiger partial charge on any atom is 0.317 e. The first kappa shape index (κ1) is 20.9. The highest BCUT2D eigenvalue weighted by Gasteiger charge is 2.40. The number of rotatable bonds is 5. The molecule has 0 aromatic heterocycles. The second kappa shape index (κ2) is 9.18. The van der Waals surface area contributed by atoms with Crippen LogP contribution < -0.4 is 5.32 Å². The highest BCUT2D eigenvalue weighted by atomic mass is 32.2. The Morgan fingerprint density at radius 1 is 0.867 bits per heavy atom. The van der Waals surface area contributed by atoms with Crippen LogP contribution in [0.3, 0.4) is 0 Å². The van der Waals surface area contributed by atoms with Gasteiger partial charge in [0.1, 0.15) is 0 Å². The van der Waals surface area contributed by atoms with Crippen LogP contribution in [0.1, 0.15) is 30.4 Å². The maximum absolute atomic E-state index is 12.9. The number of urea groups is 1. The zero-order valence-corrected chi connectivity index (χ0v) is 17.9. The lowest BCUT2D eigenvalue weighted by Crippen LogP contribution is -2.44. The lowest BCUT2D eigenvalue weighted by atomic mass is 9.96. The molecule has 2 atom stereocenters. The summed E-state index contributed by atoms with van der Waals surface area (Å²) in [7, 11) is -3.36. The zero-order chi connectivity index (χ0) is 21.0. The Bertz CT molecular complexity index is 950. The minimum Gasteiger partial charge on any atom is -0.334 e. The minimum absolute atomic E-state index is 0.0322. The fraction of sp³-hybridized carbons (Fsp3) is 0.435. The Hall–Kier alpha value is -2.38. The van der Waals surface area contributed by atoms with Crippen LogP contribution >= 0.6 is 0 Å². The van der Waals surface area contributed by atoms with Gasteiger partial charge in [-0.15, -0.1) is 0 Å². The number of carbonyl (C=O) groups is 1. The predicted octanol–water partition coefficient (Wildman–Crippen LogP) is 3.21. The van der Waals surface area contributed by atoms with E-state index in [2.05, 4.69) is 5.32 Å². The van der Waals surface area contributed by atoms with E-state index in [4.69, 9.17) is 0 Å². The number of hydrogen-bond donors (Lipinski definition) is 1. The lowest BCUT2D eigenvalue weighted by molar-refractivity contribution is 0.182. The molecule has 0 spiro atoms. The Morgan fingerprint density at radius 3 is 2.17 bits per heavy atom. The predicted molar refractivity (Wildman–Crippen MR) is 117 cm³/mol. The van der Waals surface area contributed by atoms with Crippen LogP contribution in [0.15, 0.2) is 60.7 Å². The molecule has 2 aromatic carbocycles. The highest BCUT2D eigenvalue weighted by molar-refractivity contribution is 7.88. The summed E-state index contributed by atoms with van der Waals surface area (Å²) in [6.07, 6.45) is 2.44. The van der Waals surface area contributed by atoms with Gasteiger partial charge in [-0.1, -0.05) is 60.7 Å². The van der Waals surface area contributed by atoms with E-state index in [1.807, 2.05) is 65.6 Å². The van der Waals surface area contributed by atoms with Gasteiger partial charge in [-0.3, -0.25) is 0 Å². The second-order valence-corrected chi connectivity index (χ2v) is 10.1. The SMILES string of the molecule is O=C(NCc1ccccc1)N1CC[C@@H]2CCN(S(=O)(=O)Cc3ccccc3)CC[C@H]21. The zero-order valence-electron chi connectivity index (χ0n) is 17.1. The molecule has 0 radical (unpaired) electrons. The first-order chi connectivity index (χ1) is 14.5. The van der Waals surface area contributed by atoms with E-state index in [1.165, 1.54) is 0 Å². The number of nitrogens with zero attached hydrogens (tertiary/aromatic N) is 2. The average Bonchev–Trinajstić information content (AvgIpc) is 3.03. The average molecular weight is 428 g/mol. The van der Waals surface area contributed by atoms with E-state index in [-0.39, 0.29) is 17.8 Å². The number of benzene rings is 2. The third-order valence-electron chi connectivity index (χ3n) is 6.24. The molecule has 2 aliphatic rings. The number of fused-ring (bicyclic) bond motifs is 1. The number of carbonyl (C=O) groups excluding carboxylic acids is 1. The number of hydrogen-bond acceptors (Lipinski definition) is 3. The van der Waals surface area contributed by atoms with Gasteiger partial charge in [0.15, 0.2) is 0 Å². The molecule has 4 rings (SSSR count). The molecule has 2 amide bonds. The molecule has 2 aliphatic heterocycles. The summed E-state index contributed by atoms with van der Waals surface area (Å²) in [5.41, 5.74) is 1.88. The molecule has 160 valence electrons. The maximum atomic E-state index is 12.9. The number of sulfonamides is 1. The smallest absolute Gasteiger partial charge is 0.317 e. The van der Waals surface area contributed by atoms with Crippen LogP contribution in [0.2, 0.25) is 0 Å². The Kier molecular flexibility index (Phi) is 6.39. The van der Waals surface area contributed by atoms with Crippen molar-refractivity contribution < 1.29 is 13.2 Å². The van der Waals surface area contributed by atoms with Crippen LogP contribution in [0.5, 0.6) is 0 Å². The lowest BCUT2D eigenvalue weighted by Gasteiger charge is -2.27. The fourth-order valence-corrected chi connectivity index (χ4v) is 6.19. The van der Waals surface area contributed by atoms with Crippen molar-refractivity contribution in [1.29, 1.82) is 0 Å². The van der Waals surface area contributed by atoms with Crippen LogP contribution in [0.4, 0.5) is 4.79 Å². The molecule has 2 fully saturated rings. The number of likely N-dealkylation sites (tertiary alicyclic amines) is 1. The molecule has 30 heavy (non-hydrogen) atoms. The van der Waals surface area contributed by atoms with Crippen molar-refractivity contribution in [3.05, 3.63) is 71.8 Å². The van der Waals surface area contributed by atoms with Crippen molar-refractivity contribution in [2.75, 3.05) is 19.6 Å². The van der Waals surface area contributed by atoms with Crippen LogP contribution in [-0.2, 0) is 22.3 Å². The quantitative estimate of drug-likeness (QED) is 0.797. The molecule has 7 heteroatoms. The van der Waals surface area contributed by atoms with Gasteiger partial charge in [0.25, 0.3) is 0 Å². The first-order valence-electron chi connectivity index (χ1n) is 10.6. The van der Waals surface area contributed by atoms with Gasteiger partial charge in [0.05, 0.1) is 5.75 Å². The van der Waals surface area contributed by atoms with Gasteiger partial charge in [-0.25, -0.2) is 17.5 Å². The van der Waals surface area contributed by atoms with Crippen LogP contribution in [0.25, 0.3) is 0 Å². The summed E-state index contributed by atoms with van der Waals surface area (Å²) in [4.78, 5) is 14.7. The van der Waals surface area contributed by atoms with Crippen molar-refractivity contribution in [2.45, 2.75) is 37.6 Å². The second-order valence-electron chi connectivity index (χ2n) is 8.17. The van der Waals surface area contributed by atoms with Crippen molar-refractivity contribution in [1.82, 2.24) is 14.5 Å². The summed E-state index contributed by atoms with van der Waals surface area (Å²) in [6, 6.07) is 19.2. The fourth-order valence-electron chi connectivity index (χ4n) is 4.63. The molecule has 0 aliphatic carbocycles. The molecule has 0 unspecified atom stereocenters. The van der Waals surface area contributed by atoms with Gasteiger partial charge in [-0.2, -0.15) is 0 Å². The summed E-state index contributed by atoms with van der Waals surface area (Å²) in [5.74, 6) is 0.397. The van der Waals surface area contributed by atoms with Gasteiger partial charge < -0.3 is 10.2 Å². The molecule has 2 saturated heterocycles. The summed E-state index contributed by atoms with van der Waals surface area (Å²) in [6.45, 7) is 2.26. The molecule has 0 bridgehead atoms. The van der Waals surface area contributed by atoms with Gasteiger partial charge in [-0.05, 0) is 36.3 Å². The van der Waals surface area contributed by atoms with Crippen LogP contribution in [-0.4, -0.2) is 49.3 Å². The molecular weight excluding hydrogens is 398 g/mol. The molecule has 6 nitrogen and oxygen atoms in total. The minimum atomic E-state index is -3.36. The van der Waals surface area contributed by atoms with E-state index < -0.39 is 10.0 Å². The first-order valence-corrected chi connectivity index (χ1v) is 12.2. The third kappa shape index (κ3) is 4.84. The van der Waals surface area contributed by atoms with Gasteiger partial charge in [0.2, 0.25) is 10.0 Å². The summed E-state index contributed by atoms with van der Waals surface area (Å²) < 4.78 is 27.5. The number of nitrogens with one attached hydrogen (secondary N) is 1. The molecule has 1 N–H and O–H groups in total. The molecule has 2 heterocycles. The largest absolute Gasteiger partial charge is 0.334 e. The standard InChI is InChI=1S/C23H29N3O3S/c27-23(24-17-19-7-3-1-4-8-19)26-16-12-21-11-14-25(15-13-22(21)26)30(28,29)18-20-9-5-2-6-10-20/h1-10,21-22H,11-18H2,(H,24,27)/t21-,22+/m0/s1. The van der Waals surface area contributed by atoms with Crippen molar-refractivity contribution in [3.8, 4) is 0 Å². The highest BCUT2D eigenvalue weighted by Crippen LogP contribution is 2.33. The summed E-state index contributed by atoms with van der Waals surface area (Å²) in [5, 5.41) is 3.02. The van der Waals surface area contributed by atoms with Crippen molar-refractivity contribution in [2.24, 2.45) is 5.92 Å². The van der Waals surface area contributed by atoms with Crippen molar-refractivity contribution >= 4 is 16.1 Å². The number of amides is 2. The van der Waals surface area contributed by atoms with E-state index in [9.17, 15) is 13.2 Å². The Balaban J connectivity index is 1.36. The molecular formula is C23H29N3O3S. The van der Waals surface area contributed by atoms with Crippen LogP contribution in [0, 0.1) is 5.92 Å². The topological polar surface area (TPSA) is 69.7 Å². The third-order valence-corrected chi connectivity index (χ3v) is 8.09. The Labute approximate surface area is 178 Å². The summed E-state index contributed by atoms with van der Waals surface area (Å²) >= 11 is 0. The Morgan fingerprint density at radius 2 is 1.47 bits per heavy atom. The van der Waals surface area contributed by atoms with E-state index in [0.717, 1.165) is 30.5 Å². The monoisotopic (exact) mass is 427 g/mol. The van der Waals surface area contributed by atoms with Crippen molar-refractivity contribution in [3.63, 3.8) is 0 Å². The van der Waals surface area contributed by atoms with Gasteiger partial charge in [0, 0.05) is 32.2 Å². The van der Waals surface area contributed by atoms with E-state index >= 15 is 0 Å².